The fraction of sp³-hybridized carbons (Fsp3) is 0.267. The van der Waals surface area contributed by atoms with Gasteiger partial charge in [-0.15, -0.1) is 11.3 Å². The summed E-state index contributed by atoms with van der Waals surface area (Å²) >= 11 is 1.69. The Morgan fingerprint density at radius 1 is 1.43 bits per heavy atom. The van der Waals surface area contributed by atoms with E-state index in [0.29, 0.717) is 11.9 Å². The van der Waals surface area contributed by atoms with E-state index in [1.54, 1.807) is 17.5 Å². The molecule has 0 bridgehead atoms. The molecular formula is C15H15N5S. The molecule has 0 radical (unpaired) electrons. The number of hydrogen-bond donors (Lipinski definition) is 1. The van der Waals surface area contributed by atoms with Crippen LogP contribution in [0.2, 0.25) is 0 Å². The summed E-state index contributed by atoms with van der Waals surface area (Å²) in [5.41, 5.74) is 8.11. The number of hydrogen-bond acceptors (Lipinski definition) is 4. The summed E-state index contributed by atoms with van der Waals surface area (Å²) in [4.78, 5) is 9.87. The second kappa shape index (κ2) is 4.96. The van der Waals surface area contributed by atoms with Crippen molar-refractivity contribution in [3.8, 4) is 0 Å². The monoisotopic (exact) mass is 297 g/mol. The van der Waals surface area contributed by atoms with E-state index in [9.17, 15) is 0 Å². The van der Waals surface area contributed by atoms with Crippen LogP contribution in [0.4, 0.5) is 0 Å². The fourth-order valence-corrected chi connectivity index (χ4v) is 3.12. The molecule has 2 N–H and O–H groups in total. The van der Waals surface area contributed by atoms with Gasteiger partial charge in [-0.25, -0.2) is 0 Å². The zero-order chi connectivity index (χ0) is 14.2. The normalized spacial score (nSPS) is 15.7. The molecule has 0 spiro atoms. The number of nitrogens with zero attached hydrogens (tertiary/aromatic N) is 4. The highest BCUT2D eigenvalue weighted by Gasteiger charge is 2.21. The molecule has 0 saturated heterocycles. The molecule has 106 valence electrons. The minimum atomic E-state index is 0.453. The molecule has 0 unspecified atom stereocenters. The van der Waals surface area contributed by atoms with Crippen LogP contribution in [-0.4, -0.2) is 26.6 Å². The van der Waals surface area contributed by atoms with E-state index in [1.165, 1.54) is 17.7 Å². The molecular weight excluding hydrogens is 282 g/mol. The van der Waals surface area contributed by atoms with Crippen molar-refractivity contribution in [3.63, 3.8) is 0 Å². The van der Waals surface area contributed by atoms with E-state index in [2.05, 4.69) is 26.5 Å². The lowest BCUT2D eigenvalue weighted by atomic mass is 10.3. The van der Waals surface area contributed by atoms with Crippen molar-refractivity contribution in [1.82, 2.24) is 14.8 Å². The number of amidine groups is 1. The van der Waals surface area contributed by atoms with Gasteiger partial charge < -0.3 is 5.73 Å². The Morgan fingerprint density at radius 2 is 2.33 bits per heavy atom. The molecule has 3 heterocycles. The lowest BCUT2D eigenvalue weighted by Gasteiger charge is -2.00. The average Bonchev–Trinajstić information content (AvgIpc) is 3.04. The summed E-state index contributed by atoms with van der Waals surface area (Å²) in [6.45, 7) is 0.733. The summed E-state index contributed by atoms with van der Waals surface area (Å²) in [7, 11) is 0. The molecule has 0 amide bonds. The molecule has 1 aliphatic carbocycles. The summed E-state index contributed by atoms with van der Waals surface area (Å²) in [6.07, 6.45) is 7.84. The first-order chi connectivity index (χ1) is 10.3. The third-order valence-electron chi connectivity index (χ3n) is 3.57. The summed E-state index contributed by atoms with van der Waals surface area (Å²) in [5.74, 6) is 0.659. The molecule has 5 nitrogen and oxygen atoms in total. The average molecular weight is 297 g/mol. The van der Waals surface area contributed by atoms with Gasteiger partial charge in [0.15, 0.2) is 0 Å². The predicted molar refractivity (Wildman–Crippen MR) is 84.7 cm³/mol. The van der Waals surface area contributed by atoms with Gasteiger partial charge in [-0.05, 0) is 25.0 Å². The fourth-order valence-electron chi connectivity index (χ4n) is 2.26. The molecule has 3 aromatic heterocycles. The Morgan fingerprint density at radius 3 is 3.19 bits per heavy atom. The van der Waals surface area contributed by atoms with Gasteiger partial charge in [0.2, 0.25) is 0 Å². The van der Waals surface area contributed by atoms with Crippen LogP contribution in [0.25, 0.3) is 10.9 Å². The minimum absolute atomic E-state index is 0.453. The standard InChI is InChI=1S/C15H15N5S/c16-15(19-12-1-2-12)11-5-13(21-9-11)8-20-14-7-17-4-3-10(14)6-18-20/h3-7,9,12H,1-2,8H2,(H2,16,19). The van der Waals surface area contributed by atoms with Crippen LogP contribution < -0.4 is 5.73 Å². The van der Waals surface area contributed by atoms with E-state index in [0.717, 1.165) is 23.0 Å². The van der Waals surface area contributed by atoms with Crippen LogP contribution in [0.3, 0.4) is 0 Å². The number of fused-ring (bicyclic) bond motifs is 1. The Kier molecular flexibility index (Phi) is 2.96. The molecule has 21 heavy (non-hydrogen) atoms. The van der Waals surface area contributed by atoms with Crippen LogP contribution >= 0.6 is 11.3 Å². The van der Waals surface area contributed by atoms with Gasteiger partial charge in [-0.1, -0.05) is 0 Å². The van der Waals surface area contributed by atoms with Crippen molar-refractivity contribution < 1.29 is 0 Å². The second-order valence-corrected chi connectivity index (χ2v) is 6.28. The Bertz CT molecular complexity index is 812. The number of aromatic nitrogens is 3. The third-order valence-corrected chi connectivity index (χ3v) is 4.49. The van der Waals surface area contributed by atoms with Crippen molar-refractivity contribution in [3.05, 3.63) is 46.5 Å². The topological polar surface area (TPSA) is 69.1 Å². The maximum Gasteiger partial charge on any atom is 0.126 e. The molecule has 0 aliphatic heterocycles. The molecule has 0 atom stereocenters. The first-order valence-electron chi connectivity index (χ1n) is 6.96. The maximum absolute atomic E-state index is 6.04. The highest BCUT2D eigenvalue weighted by molar-refractivity contribution is 7.10. The van der Waals surface area contributed by atoms with E-state index in [4.69, 9.17) is 5.73 Å². The SMILES string of the molecule is NC(=NC1CC1)c1csc(Cn2ncc3ccncc32)c1. The van der Waals surface area contributed by atoms with Gasteiger partial charge >= 0.3 is 0 Å². The molecule has 3 aromatic rings. The molecule has 1 saturated carbocycles. The second-order valence-electron chi connectivity index (χ2n) is 5.28. The van der Waals surface area contributed by atoms with Crippen LogP contribution in [0.5, 0.6) is 0 Å². The lowest BCUT2D eigenvalue weighted by molar-refractivity contribution is 0.719. The van der Waals surface area contributed by atoms with E-state index < -0.39 is 0 Å². The molecule has 0 aromatic carbocycles. The zero-order valence-corrected chi connectivity index (χ0v) is 12.3. The highest BCUT2D eigenvalue weighted by Crippen LogP contribution is 2.25. The first kappa shape index (κ1) is 12.5. The number of pyridine rings is 1. The van der Waals surface area contributed by atoms with E-state index >= 15 is 0 Å². The van der Waals surface area contributed by atoms with Crippen LogP contribution in [-0.2, 0) is 6.54 Å². The summed E-state index contributed by atoms with van der Waals surface area (Å²) < 4.78 is 1.96. The highest BCUT2D eigenvalue weighted by atomic mass is 32.1. The van der Waals surface area contributed by atoms with Crippen molar-refractivity contribution in [1.29, 1.82) is 0 Å². The van der Waals surface area contributed by atoms with Gasteiger partial charge in [-0.2, -0.15) is 5.10 Å². The Balaban J connectivity index is 1.58. The minimum Gasteiger partial charge on any atom is -0.383 e. The predicted octanol–water partition coefficient (Wildman–Crippen LogP) is 2.41. The van der Waals surface area contributed by atoms with Crippen molar-refractivity contribution >= 4 is 28.1 Å². The van der Waals surface area contributed by atoms with Crippen LogP contribution in [0, 0.1) is 0 Å². The largest absolute Gasteiger partial charge is 0.383 e. The third kappa shape index (κ3) is 2.54. The van der Waals surface area contributed by atoms with E-state index in [1.807, 2.05) is 23.1 Å². The van der Waals surface area contributed by atoms with E-state index in [-0.39, 0.29) is 0 Å². The molecule has 4 rings (SSSR count). The molecule has 1 fully saturated rings. The smallest absolute Gasteiger partial charge is 0.126 e. The van der Waals surface area contributed by atoms with Crippen LogP contribution in [0.1, 0.15) is 23.3 Å². The quantitative estimate of drug-likeness (QED) is 0.594. The molecule has 1 aliphatic rings. The Hall–Kier alpha value is -2.21. The van der Waals surface area contributed by atoms with Crippen LogP contribution in [0.15, 0.2) is 41.1 Å². The zero-order valence-electron chi connectivity index (χ0n) is 11.4. The van der Waals surface area contributed by atoms with Gasteiger partial charge in [0.05, 0.1) is 30.5 Å². The van der Waals surface area contributed by atoms with Gasteiger partial charge in [0.1, 0.15) is 5.84 Å². The van der Waals surface area contributed by atoms with Crippen molar-refractivity contribution in [2.75, 3.05) is 0 Å². The Labute approximate surface area is 126 Å². The van der Waals surface area contributed by atoms with Gasteiger partial charge in [-0.3, -0.25) is 14.7 Å². The van der Waals surface area contributed by atoms with Gasteiger partial charge in [0.25, 0.3) is 0 Å². The summed E-state index contributed by atoms with van der Waals surface area (Å²) in [5, 5.41) is 7.60. The van der Waals surface area contributed by atoms with Crippen molar-refractivity contribution in [2.24, 2.45) is 10.7 Å². The number of nitrogens with two attached hydrogens (primary N) is 1. The maximum atomic E-state index is 6.04. The lowest BCUT2D eigenvalue weighted by Crippen LogP contribution is -2.13. The number of aliphatic imine (C=N–C) groups is 1. The number of rotatable bonds is 4. The molecule has 6 heteroatoms. The first-order valence-corrected chi connectivity index (χ1v) is 7.84. The van der Waals surface area contributed by atoms with Crippen molar-refractivity contribution in [2.45, 2.75) is 25.4 Å². The number of thiophene rings is 1. The van der Waals surface area contributed by atoms with Gasteiger partial charge in [0, 0.05) is 27.4 Å². The summed E-state index contributed by atoms with van der Waals surface area (Å²) in [6, 6.07) is 4.53.